The molecule has 2 aromatic carbocycles. The minimum atomic E-state index is 0.108. The molecule has 0 atom stereocenters. The lowest BCUT2D eigenvalue weighted by Gasteiger charge is -2.47. The molecule has 1 aliphatic carbocycles. The van der Waals surface area contributed by atoms with E-state index < -0.39 is 0 Å². The number of benzene rings is 2. The van der Waals surface area contributed by atoms with Crippen molar-refractivity contribution in [1.82, 2.24) is 9.80 Å². The van der Waals surface area contributed by atoms with Crippen molar-refractivity contribution in [1.29, 1.82) is 0 Å². The quantitative estimate of drug-likeness (QED) is 0.692. The first-order chi connectivity index (χ1) is 13.0. The van der Waals surface area contributed by atoms with Gasteiger partial charge in [-0.3, -0.25) is 4.90 Å². The van der Waals surface area contributed by atoms with Gasteiger partial charge in [-0.15, -0.1) is 0 Å². The summed E-state index contributed by atoms with van der Waals surface area (Å²) in [7, 11) is 6.70. The van der Waals surface area contributed by atoms with Crippen molar-refractivity contribution in [2.45, 2.75) is 50.8 Å². The van der Waals surface area contributed by atoms with E-state index in [0.717, 1.165) is 12.3 Å². The van der Waals surface area contributed by atoms with Crippen molar-refractivity contribution in [3.8, 4) is 5.75 Å². The van der Waals surface area contributed by atoms with Crippen LogP contribution in [0.15, 0.2) is 54.6 Å². The Labute approximate surface area is 164 Å². The Balaban J connectivity index is 1.75. The van der Waals surface area contributed by atoms with Gasteiger partial charge in [0, 0.05) is 11.6 Å². The smallest absolute Gasteiger partial charge is 0.120 e. The van der Waals surface area contributed by atoms with E-state index in [4.69, 9.17) is 4.74 Å². The molecule has 1 aliphatic rings. The fourth-order valence-corrected chi connectivity index (χ4v) is 4.39. The van der Waals surface area contributed by atoms with Crippen LogP contribution >= 0.6 is 0 Å². The molecule has 0 bridgehead atoms. The van der Waals surface area contributed by atoms with Crippen molar-refractivity contribution < 1.29 is 4.74 Å². The molecule has 0 unspecified atom stereocenters. The van der Waals surface area contributed by atoms with Crippen LogP contribution in [0.25, 0.3) is 0 Å². The van der Waals surface area contributed by atoms with Crippen molar-refractivity contribution >= 4 is 0 Å². The summed E-state index contributed by atoms with van der Waals surface area (Å²) in [5.74, 6) is 0.963. The highest BCUT2D eigenvalue weighted by Gasteiger charge is 2.39. The van der Waals surface area contributed by atoms with Crippen LogP contribution in [0.4, 0.5) is 0 Å². The van der Waals surface area contributed by atoms with Gasteiger partial charge in [-0.1, -0.05) is 49.4 Å². The van der Waals surface area contributed by atoms with Gasteiger partial charge in [0.25, 0.3) is 0 Å². The summed E-state index contributed by atoms with van der Waals surface area (Å²) in [5.41, 5.74) is 2.70. The van der Waals surface area contributed by atoms with Gasteiger partial charge in [-0.2, -0.15) is 0 Å². The minimum Gasteiger partial charge on any atom is -0.489 e. The topological polar surface area (TPSA) is 15.7 Å². The molecule has 1 saturated carbocycles. The standard InChI is InChI=1S/C24H34N2O/c1-5-26(4)22-14-16-24(17-15-22,25(2)3)21-12-9-13-23(18-21)27-19-20-10-7-6-8-11-20/h6-13,18,22H,5,14-17,19H2,1-4H3. The van der Waals surface area contributed by atoms with Gasteiger partial charge in [-0.25, -0.2) is 0 Å². The lowest BCUT2D eigenvalue weighted by Crippen LogP contribution is -2.48. The summed E-state index contributed by atoms with van der Waals surface area (Å²) >= 11 is 0. The van der Waals surface area contributed by atoms with E-state index in [1.165, 1.54) is 36.8 Å². The van der Waals surface area contributed by atoms with E-state index in [1.807, 2.05) is 6.07 Å². The van der Waals surface area contributed by atoms with E-state index in [1.54, 1.807) is 0 Å². The largest absolute Gasteiger partial charge is 0.489 e. The van der Waals surface area contributed by atoms with Gasteiger partial charge in [-0.05, 0) is 76.6 Å². The second-order valence-electron chi connectivity index (χ2n) is 8.03. The van der Waals surface area contributed by atoms with Crippen LogP contribution in [-0.2, 0) is 12.1 Å². The molecule has 3 rings (SSSR count). The van der Waals surface area contributed by atoms with Crippen LogP contribution in [0.3, 0.4) is 0 Å². The monoisotopic (exact) mass is 366 g/mol. The summed E-state index contributed by atoms with van der Waals surface area (Å²) < 4.78 is 6.10. The third kappa shape index (κ3) is 4.53. The fraction of sp³-hybridized carbons (Fsp3) is 0.500. The van der Waals surface area contributed by atoms with Crippen LogP contribution in [0.2, 0.25) is 0 Å². The molecular formula is C24H34N2O. The molecule has 27 heavy (non-hydrogen) atoms. The van der Waals surface area contributed by atoms with Crippen LogP contribution in [0, 0.1) is 0 Å². The van der Waals surface area contributed by atoms with Gasteiger partial charge in [0.15, 0.2) is 0 Å². The maximum atomic E-state index is 6.10. The average molecular weight is 367 g/mol. The zero-order valence-electron chi connectivity index (χ0n) is 17.3. The minimum absolute atomic E-state index is 0.108. The van der Waals surface area contributed by atoms with Gasteiger partial charge in [0.05, 0.1) is 0 Å². The maximum absolute atomic E-state index is 6.10. The van der Waals surface area contributed by atoms with E-state index in [-0.39, 0.29) is 5.54 Å². The second-order valence-corrected chi connectivity index (χ2v) is 8.03. The molecule has 0 N–H and O–H groups in total. The molecule has 3 nitrogen and oxygen atoms in total. The molecule has 0 aliphatic heterocycles. The van der Waals surface area contributed by atoms with Crippen LogP contribution in [0.1, 0.15) is 43.7 Å². The van der Waals surface area contributed by atoms with E-state index in [2.05, 4.69) is 86.4 Å². The molecule has 0 saturated heterocycles. The third-order valence-electron chi connectivity index (χ3n) is 6.38. The van der Waals surface area contributed by atoms with Crippen LogP contribution in [0.5, 0.6) is 5.75 Å². The Kier molecular flexibility index (Phi) is 6.56. The molecule has 1 fully saturated rings. The summed E-state index contributed by atoms with van der Waals surface area (Å²) in [4.78, 5) is 4.92. The van der Waals surface area contributed by atoms with Crippen LogP contribution in [-0.4, -0.2) is 43.5 Å². The summed E-state index contributed by atoms with van der Waals surface area (Å²) in [5, 5.41) is 0. The highest BCUT2D eigenvalue weighted by molar-refractivity contribution is 5.34. The molecule has 0 amide bonds. The number of ether oxygens (including phenoxy) is 1. The number of hydrogen-bond donors (Lipinski definition) is 0. The van der Waals surface area contributed by atoms with Gasteiger partial charge in [0.1, 0.15) is 12.4 Å². The van der Waals surface area contributed by atoms with E-state index >= 15 is 0 Å². The Morgan fingerprint density at radius 3 is 2.30 bits per heavy atom. The van der Waals surface area contributed by atoms with E-state index in [9.17, 15) is 0 Å². The highest BCUT2D eigenvalue weighted by Crippen LogP contribution is 2.43. The van der Waals surface area contributed by atoms with Gasteiger partial charge in [0.2, 0.25) is 0 Å². The first-order valence-corrected chi connectivity index (χ1v) is 10.2. The van der Waals surface area contributed by atoms with Crippen LogP contribution < -0.4 is 4.74 Å². The molecule has 0 aromatic heterocycles. The third-order valence-corrected chi connectivity index (χ3v) is 6.38. The normalized spacial score (nSPS) is 23.0. The molecule has 0 radical (unpaired) electrons. The Bertz CT molecular complexity index is 705. The lowest BCUT2D eigenvalue weighted by atomic mass is 9.73. The van der Waals surface area contributed by atoms with Gasteiger partial charge >= 0.3 is 0 Å². The summed E-state index contributed by atoms with van der Waals surface area (Å²) in [6.07, 6.45) is 4.88. The molecular weight excluding hydrogens is 332 g/mol. The fourth-order valence-electron chi connectivity index (χ4n) is 4.39. The van der Waals surface area contributed by atoms with E-state index in [0.29, 0.717) is 12.6 Å². The lowest BCUT2D eigenvalue weighted by molar-refractivity contribution is 0.0586. The first-order valence-electron chi connectivity index (χ1n) is 10.2. The summed E-state index contributed by atoms with van der Waals surface area (Å²) in [6, 6.07) is 19.8. The summed E-state index contributed by atoms with van der Waals surface area (Å²) in [6.45, 7) is 3.99. The molecule has 3 heteroatoms. The Hall–Kier alpha value is -1.84. The number of nitrogens with zero attached hydrogens (tertiary/aromatic N) is 2. The maximum Gasteiger partial charge on any atom is 0.120 e. The number of hydrogen-bond acceptors (Lipinski definition) is 3. The average Bonchev–Trinajstić information content (AvgIpc) is 2.72. The Morgan fingerprint density at radius 2 is 1.67 bits per heavy atom. The highest BCUT2D eigenvalue weighted by atomic mass is 16.5. The Morgan fingerprint density at radius 1 is 0.963 bits per heavy atom. The SMILES string of the molecule is CCN(C)C1CCC(c2cccc(OCc3ccccc3)c2)(N(C)C)CC1. The molecule has 0 heterocycles. The van der Waals surface area contributed by atoms with Crippen molar-refractivity contribution in [2.24, 2.45) is 0 Å². The second kappa shape index (κ2) is 8.90. The van der Waals surface area contributed by atoms with Crippen molar-refractivity contribution in [3.63, 3.8) is 0 Å². The molecule has 2 aromatic rings. The van der Waals surface area contributed by atoms with Gasteiger partial charge < -0.3 is 9.64 Å². The van der Waals surface area contributed by atoms with Crippen molar-refractivity contribution in [3.05, 3.63) is 65.7 Å². The molecule has 0 spiro atoms. The zero-order valence-corrected chi connectivity index (χ0v) is 17.3. The molecule has 146 valence electrons. The first kappa shape index (κ1) is 19.9. The predicted molar refractivity (Wildman–Crippen MR) is 113 cm³/mol. The predicted octanol–water partition coefficient (Wildman–Crippen LogP) is 4.92. The zero-order chi connectivity index (χ0) is 19.3. The van der Waals surface area contributed by atoms with Crippen molar-refractivity contribution in [2.75, 3.05) is 27.7 Å². The number of rotatable bonds is 7.